The van der Waals surface area contributed by atoms with E-state index < -0.39 is 0 Å². The Morgan fingerprint density at radius 1 is 0.294 bits per heavy atom. The minimum absolute atomic E-state index is 0.0296. The molecule has 3 N–H and O–H groups in total. The molecule has 0 unspecified atom stereocenters. The summed E-state index contributed by atoms with van der Waals surface area (Å²) in [6.45, 7) is 10.7. The molecule has 0 rings (SSSR count). The van der Waals surface area contributed by atoms with Gasteiger partial charge in [0.2, 0.25) is 0 Å². The lowest BCUT2D eigenvalue weighted by atomic mass is 10.6. The van der Waals surface area contributed by atoms with E-state index in [-0.39, 0.29) is 13.2 Å². The molecule has 0 atom stereocenters. The zero-order valence-electron chi connectivity index (χ0n) is 20.6. The van der Waals surface area contributed by atoms with Crippen LogP contribution in [0.2, 0.25) is 0 Å². The van der Waals surface area contributed by atoms with Gasteiger partial charge in [-0.3, -0.25) is 0 Å². The number of ether oxygens (including phenoxy) is 9. The van der Waals surface area contributed by atoms with E-state index in [1.807, 2.05) is 0 Å². The van der Waals surface area contributed by atoms with E-state index in [1.54, 1.807) is 0 Å². The van der Waals surface area contributed by atoms with Gasteiger partial charge in [0.15, 0.2) is 0 Å². The summed E-state index contributed by atoms with van der Waals surface area (Å²) in [6.07, 6.45) is 0. The predicted octanol–water partition coefficient (Wildman–Crippen LogP) is -1.29. The molecular formula is C22H47NO11. The van der Waals surface area contributed by atoms with Gasteiger partial charge in [-0.05, 0) is 0 Å². The summed E-state index contributed by atoms with van der Waals surface area (Å²) in [5.41, 5.74) is 0. The third kappa shape index (κ3) is 31.5. The highest BCUT2D eigenvalue weighted by molar-refractivity contribution is 4.45. The lowest BCUT2D eigenvalue weighted by Crippen LogP contribution is -2.25. The molecule has 12 nitrogen and oxygen atoms in total. The van der Waals surface area contributed by atoms with Crippen LogP contribution in [0.25, 0.3) is 0 Å². The van der Waals surface area contributed by atoms with Crippen LogP contribution in [0, 0.1) is 0 Å². The third-order valence-electron chi connectivity index (χ3n) is 3.92. The normalized spacial score (nSPS) is 11.5. The van der Waals surface area contributed by atoms with Crippen LogP contribution < -0.4 is 5.32 Å². The maximum absolute atomic E-state index is 8.55. The highest BCUT2D eigenvalue weighted by Crippen LogP contribution is 1.85. The maximum Gasteiger partial charge on any atom is 0.0701 e. The van der Waals surface area contributed by atoms with Crippen molar-refractivity contribution in [3.05, 3.63) is 0 Å². The number of aliphatic hydroxyl groups excluding tert-OH is 2. The SMILES string of the molecule is OCCOCCOCCOCCOCCNCCOCCOCCOCCOCCOCCO. The quantitative estimate of drug-likeness (QED) is 0.0975. The molecule has 0 aromatic rings. The van der Waals surface area contributed by atoms with E-state index >= 15 is 0 Å². The molecule has 12 heteroatoms. The lowest BCUT2D eigenvalue weighted by molar-refractivity contribution is -0.0132. The maximum atomic E-state index is 8.55. The molecule has 0 saturated carbocycles. The Kier molecular flexibility index (Phi) is 32.1. The molecule has 0 aromatic heterocycles. The van der Waals surface area contributed by atoms with Crippen LogP contribution in [0.1, 0.15) is 0 Å². The summed E-state index contributed by atoms with van der Waals surface area (Å²) in [6, 6.07) is 0. The highest BCUT2D eigenvalue weighted by atomic mass is 16.6. The van der Waals surface area contributed by atoms with Gasteiger partial charge in [0.25, 0.3) is 0 Å². The molecule has 0 spiro atoms. The summed E-state index contributed by atoms with van der Waals surface area (Å²) in [4.78, 5) is 0. The molecule has 34 heavy (non-hydrogen) atoms. The van der Waals surface area contributed by atoms with Crippen molar-refractivity contribution < 1.29 is 52.8 Å². The number of rotatable bonds is 31. The zero-order valence-corrected chi connectivity index (χ0v) is 20.6. The van der Waals surface area contributed by atoms with Gasteiger partial charge in [0.05, 0.1) is 132 Å². The molecule has 0 aliphatic heterocycles. The first-order valence-corrected chi connectivity index (χ1v) is 12.0. The standard InChI is InChI=1S/C22H47NO11/c24-3-7-28-11-15-32-19-17-30-13-9-26-5-1-23-2-6-27-10-14-31-18-21-34-22-20-33-16-12-29-8-4-25/h23-25H,1-22H2. The number of hydrogen-bond acceptors (Lipinski definition) is 12. The van der Waals surface area contributed by atoms with E-state index in [0.717, 1.165) is 13.1 Å². The fraction of sp³-hybridized carbons (Fsp3) is 1.00. The van der Waals surface area contributed by atoms with Gasteiger partial charge in [-0.15, -0.1) is 0 Å². The third-order valence-corrected chi connectivity index (χ3v) is 3.92. The zero-order chi connectivity index (χ0) is 24.6. The summed E-state index contributed by atoms with van der Waals surface area (Å²) in [7, 11) is 0. The Hall–Kier alpha value is -0.480. The van der Waals surface area contributed by atoms with E-state index in [9.17, 15) is 0 Å². The summed E-state index contributed by atoms with van der Waals surface area (Å²) in [5, 5.41) is 20.3. The van der Waals surface area contributed by atoms with Crippen LogP contribution in [-0.2, 0) is 42.6 Å². The average molecular weight is 502 g/mol. The van der Waals surface area contributed by atoms with Crippen molar-refractivity contribution in [2.45, 2.75) is 0 Å². The second-order valence-corrected chi connectivity index (χ2v) is 6.71. The van der Waals surface area contributed by atoms with Gasteiger partial charge in [-0.25, -0.2) is 0 Å². The number of aliphatic hydroxyl groups is 2. The number of nitrogens with one attached hydrogen (secondary N) is 1. The van der Waals surface area contributed by atoms with Crippen molar-refractivity contribution in [1.82, 2.24) is 5.32 Å². The first-order valence-electron chi connectivity index (χ1n) is 12.0. The van der Waals surface area contributed by atoms with Crippen LogP contribution in [0.15, 0.2) is 0 Å². The van der Waals surface area contributed by atoms with Crippen molar-refractivity contribution in [2.24, 2.45) is 0 Å². The molecule has 206 valence electrons. The topological polar surface area (TPSA) is 136 Å². The minimum atomic E-state index is 0.0296. The average Bonchev–Trinajstić information content (AvgIpc) is 2.85. The van der Waals surface area contributed by atoms with E-state index in [1.165, 1.54) is 0 Å². The van der Waals surface area contributed by atoms with Gasteiger partial charge in [0, 0.05) is 13.1 Å². The van der Waals surface area contributed by atoms with Gasteiger partial charge >= 0.3 is 0 Å². The van der Waals surface area contributed by atoms with Crippen LogP contribution in [0.4, 0.5) is 0 Å². The Labute approximate surface area is 204 Å². The van der Waals surface area contributed by atoms with Crippen LogP contribution in [-0.4, -0.2) is 155 Å². The minimum Gasteiger partial charge on any atom is -0.394 e. The molecule has 0 radical (unpaired) electrons. The first-order chi connectivity index (χ1) is 16.9. The van der Waals surface area contributed by atoms with Crippen molar-refractivity contribution in [2.75, 3.05) is 145 Å². The molecule has 0 heterocycles. The van der Waals surface area contributed by atoms with Crippen LogP contribution in [0.5, 0.6) is 0 Å². The van der Waals surface area contributed by atoms with Gasteiger partial charge in [-0.1, -0.05) is 0 Å². The Morgan fingerprint density at radius 3 is 0.735 bits per heavy atom. The molecule has 0 aliphatic rings. The first kappa shape index (κ1) is 33.5. The molecule has 0 aliphatic carbocycles. The van der Waals surface area contributed by atoms with E-state index in [4.69, 9.17) is 52.8 Å². The van der Waals surface area contributed by atoms with E-state index in [0.29, 0.717) is 119 Å². The van der Waals surface area contributed by atoms with Gasteiger partial charge in [0.1, 0.15) is 0 Å². The fourth-order valence-electron chi connectivity index (χ4n) is 2.29. The largest absolute Gasteiger partial charge is 0.394 e. The summed E-state index contributed by atoms with van der Waals surface area (Å²) < 4.78 is 47.9. The summed E-state index contributed by atoms with van der Waals surface area (Å²) in [5.74, 6) is 0. The molecule has 0 saturated heterocycles. The van der Waals surface area contributed by atoms with Gasteiger partial charge in [-0.2, -0.15) is 0 Å². The Morgan fingerprint density at radius 2 is 0.500 bits per heavy atom. The van der Waals surface area contributed by atoms with E-state index in [2.05, 4.69) is 5.32 Å². The van der Waals surface area contributed by atoms with Crippen molar-refractivity contribution in [3.8, 4) is 0 Å². The molecule has 0 bridgehead atoms. The van der Waals surface area contributed by atoms with Crippen molar-refractivity contribution in [3.63, 3.8) is 0 Å². The Balaban J connectivity index is 2.99. The second kappa shape index (κ2) is 32.5. The fourth-order valence-corrected chi connectivity index (χ4v) is 2.29. The molecular weight excluding hydrogens is 454 g/mol. The monoisotopic (exact) mass is 501 g/mol. The second-order valence-electron chi connectivity index (χ2n) is 6.71. The van der Waals surface area contributed by atoms with Crippen LogP contribution >= 0.6 is 0 Å². The molecule has 0 aromatic carbocycles. The lowest BCUT2D eigenvalue weighted by Gasteiger charge is -2.09. The molecule has 0 fully saturated rings. The van der Waals surface area contributed by atoms with Crippen LogP contribution in [0.3, 0.4) is 0 Å². The van der Waals surface area contributed by atoms with Gasteiger partial charge < -0.3 is 58.2 Å². The number of hydrogen-bond donors (Lipinski definition) is 3. The predicted molar refractivity (Wildman–Crippen MR) is 124 cm³/mol. The van der Waals surface area contributed by atoms with Crippen molar-refractivity contribution >= 4 is 0 Å². The summed E-state index contributed by atoms with van der Waals surface area (Å²) >= 11 is 0. The highest BCUT2D eigenvalue weighted by Gasteiger charge is 1.95. The molecule has 0 amide bonds. The smallest absolute Gasteiger partial charge is 0.0701 e. The Bertz CT molecular complexity index is 325. The van der Waals surface area contributed by atoms with Crippen molar-refractivity contribution in [1.29, 1.82) is 0 Å².